The maximum atomic E-state index is 12.8. The lowest BCUT2D eigenvalue weighted by Crippen LogP contribution is -2.26. The number of nitro benzene ring substituents is 1. The number of methoxy groups -OCH3 is 1. The molecule has 22 heavy (non-hydrogen) atoms. The number of carbonyl (C=O) groups is 1. The van der Waals surface area contributed by atoms with Crippen LogP contribution in [0.1, 0.15) is 27.9 Å². The number of rotatable bonds is 6. The van der Waals surface area contributed by atoms with Gasteiger partial charge in [0, 0.05) is 37.5 Å². The molecular formula is C13H15F3N2O4. The molecule has 0 bridgehead atoms. The molecule has 1 amide bonds. The predicted molar refractivity (Wildman–Crippen MR) is 71.7 cm³/mol. The van der Waals surface area contributed by atoms with Gasteiger partial charge in [0.1, 0.15) is 0 Å². The molecule has 1 N–H and O–H groups in total. The molecule has 0 heterocycles. The number of alkyl halides is 3. The third-order valence-electron chi connectivity index (χ3n) is 2.96. The maximum Gasteiger partial charge on any atom is 0.416 e. The van der Waals surface area contributed by atoms with E-state index in [4.69, 9.17) is 4.74 Å². The first kappa shape index (κ1) is 17.9. The van der Waals surface area contributed by atoms with Gasteiger partial charge in [-0.15, -0.1) is 0 Å². The van der Waals surface area contributed by atoms with Crippen molar-refractivity contribution in [1.82, 2.24) is 5.32 Å². The van der Waals surface area contributed by atoms with Crippen LogP contribution in [0.4, 0.5) is 18.9 Å². The van der Waals surface area contributed by atoms with Crippen molar-refractivity contribution in [2.75, 3.05) is 20.3 Å². The van der Waals surface area contributed by atoms with E-state index in [9.17, 15) is 28.1 Å². The van der Waals surface area contributed by atoms with Gasteiger partial charge in [0.2, 0.25) is 0 Å². The molecule has 1 aromatic carbocycles. The zero-order valence-electron chi connectivity index (χ0n) is 12.0. The number of nitrogens with zero attached hydrogens (tertiary/aromatic N) is 1. The summed E-state index contributed by atoms with van der Waals surface area (Å²) in [7, 11) is 1.47. The molecule has 0 aliphatic heterocycles. The summed E-state index contributed by atoms with van der Waals surface area (Å²) in [5.74, 6) is -0.789. The Morgan fingerprint density at radius 2 is 2.05 bits per heavy atom. The van der Waals surface area contributed by atoms with Crippen molar-refractivity contribution in [1.29, 1.82) is 0 Å². The molecule has 6 nitrogen and oxygen atoms in total. The van der Waals surface area contributed by atoms with Gasteiger partial charge in [-0.25, -0.2) is 0 Å². The second-order valence-corrected chi connectivity index (χ2v) is 4.53. The third-order valence-corrected chi connectivity index (χ3v) is 2.96. The second kappa shape index (κ2) is 7.21. The first-order chi connectivity index (χ1) is 10.2. The van der Waals surface area contributed by atoms with Gasteiger partial charge in [-0.05, 0) is 19.4 Å². The van der Waals surface area contributed by atoms with Gasteiger partial charge in [0.25, 0.3) is 11.6 Å². The fraction of sp³-hybridized carbons (Fsp3) is 0.462. The summed E-state index contributed by atoms with van der Waals surface area (Å²) in [6.07, 6.45) is -4.30. The summed E-state index contributed by atoms with van der Waals surface area (Å²) in [6.45, 7) is 1.81. The summed E-state index contributed by atoms with van der Waals surface area (Å²) in [4.78, 5) is 21.9. The van der Waals surface area contributed by atoms with Crippen molar-refractivity contribution in [3.8, 4) is 0 Å². The van der Waals surface area contributed by atoms with E-state index < -0.39 is 28.3 Å². The molecule has 0 aromatic heterocycles. The van der Waals surface area contributed by atoms with E-state index in [-0.39, 0.29) is 17.7 Å². The van der Waals surface area contributed by atoms with Crippen LogP contribution in [0.15, 0.2) is 12.1 Å². The number of nitro groups is 1. The predicted octanol–water partition coefficient (Wildman–Crippen LogP) is 2.69. The van der Waals surface area contributed by atoms with Gasteiger partial charge in [0.15, 0.2) is 0 Å². The van der Waals surface area contributed by atoms with Crippen molar-refractivity contribution in [3.05, 3.63) is 38.9 Å². The minimum atomic E-state index is -4.77. The highest BCUT2D eigenvalue weighted by Crippen LogP contribution is 2.34. The van der Waals surface area contributed by atoms with E-state index in [1.54, 1.807) is 0 Å². The van der Waals surface area contributed by atoms with Crippen LogP contribution < -0.4 is 5.32 Å². The SMILES string of the molecule is COCCCNC(=O)c1cc(C(F)(F)F)cc([N+](=O)[O-])c1C. The molecule has 0 saturated carbocycles. The largest absolute Gasteiger partial charge is 0.416 e. The maximum absolute atomic E-state index is 12.8. The lowest BCUT2D eigenvalue weighted by molar-refractivity contribution is -0.385. The van der Waals surface area contributed by atoms with Gasteiger partial charge in [-0.1, -0.05) is 0 Å². The lowest BCUT2D eigenvalue weighted by Gasteiger charge is -2.12. The first-order valence-electron chi connectivity index (χ1n) is 6.32. The highest BCUT2D eigenvalue weighted by Gasteiger charge is 2.34. The van der Waals surface area contributed by atoms with Crippen LogP contribution in [0.3, 0.4) is 0 Å². The van der Waals surface area contributed by atoms with Gasteiger partial charge in [-0.3, -0.25) is 14.9 Å². The second-order valence-electron chi connectivity index (χ2n) is 4.53. The number of hydrogen-bond acceptors (Lipinski definition) is 4. The molecular weight excluding hydrogens is 305 g/mol. The molecule has 0 aliphatic rings. The Bertz CT molecular complexity index is 573. The van der Waals surface area contributed by atoms with Crippen molar-refractivity contribution >= 4 is 11.6 Å². The zero-order chi connectivity index (χ0) is 16.9. The summed E-state index contributed by atoms with van der Waals surface area (Å²) in [5, 5.41) is 13.3. The number of halogens is 3. The molecule has 0 radical (unpaired) electrons. The summed E-state index contributed by atoms with van der Waals surface area (Å²) >= 11 is 0. The Balaban J connectivity index is 3.14. The molecule has 0 aliphatic carbocycles. The zero-order valence-corrected chi connectivity index (χ0v) is 12.0. The topological polar surface area (TPSA) is 81.5 Å². The molecule has 0 atom stereocenters. The molecule has 9 heteroatoms. The highest BCUT2D eigenvalue weighted by molar-refractivity contribution is 5.96. The summed E-state index contributed by atoms with van der Waals surface area (Å²) < 4.78 is 43.1. The number of ether oxygens (including phenoxy) is 1. The van der Waals surface area contributed by atoms with Crippen molar-refractivity contribution in [2.24, 2.45) is 0 Å². The number of benzene rings is 1. The fourth-order valence-corrected chi connectivity index (χ4v) is 1.80. The Morgan fingerprint density at radius 3 is 2.55 bits per heavy atom. The number of nitrogens with one attached hydrogen (secondary N) is 1. The Kier molecular flexibility index (Phi) is 5.86. The van der Waals surface area contributed by atoms with Crippen LogP contribution >= 0.6 is 0 Å². The molecule has 0 spiro atoms. The number of hydrogen-bond donors (Lipinski definition) is 1. The molecule has 122 valence electrons. The van der Waals surface area contributed by atoms with E-state index in [1.807, 2.05) is 0 Å². The van der Waals surface area contributed by atoms with Crippen LogP contribution in [0.5, 0.6) is 0 Å². The highest BCUT2D eigenvalue weighted by atomic mass is 19.4. The summed E-state index contributed by atoms with van der Waals surface area (Å²) in [6, 6.07) is 1.05. The average Bonchev–Trinajstić information content (AvgIpc) is 2.42. The standard InChI is InChI=1S/C13H15F3N2O4/c1-8-10(12(19)17-4-3-5-22-2)6-9(13(14,15)16)7-11(8)18(20)21/h6-7H,3-5H2,1-2H3,(H,17,19). The van der Waals surface area contributed by atoms with Gasteiger partial charge < -0.3 is 10.1 Å². The Hall–Kier alpha value is -2.16. The van der Waals surface area contributed by atoms with Crippen LogP contribution in [0, 0.1) is 17.0 Å². The minimum absolute atomic E-state index is 0.109. The van der Waals surface area contributed by atoms with Crippen LogP contribution in [-0.2, 0) is 10.9 Å². The first-order valence-corrected chi connectivity index (χ1v) is 6.32. The number of amides is 1. The normalized spacial score (nSPS) is 11.3. The van der Waals surface area contributed by atoms with Crippen molar-refractivity contribution in [3.63, 3.8) is 0 Å². The monoisotopic (exact) mass is 320 g/mol. The van der Waals surface area contributed by atoms with Crippen molar-refractivity contribution in [2.45, 2.75) is 19.5 Å². The van der Waals surface area contributed by atoms with E-state index in [0.717, 1.165) is 0 Å². The molecule has 0 saturated heterocycles. The minimum Gasteiger partial charge on any atom is -0.385 e. The van der Waals surface area contributed by atoms with E-state index >= 15 is 0 Å². The van der Waals surface area contributed by atoms with Crippen LogP contribution in [-0.4, -0.2) is 31.1 Å². The van der Waals surface area contributed by atoms with Gasteiger partial charge >= 0.3 is 6.18 Å². The van der Waals surface area contributed by atoms with Gasteiger partial charge in [-0.2, -0.15) is 13.2 Å². The fourth-order valence-electron chi connectivity index (χ4n) is 1.80. The van der Waals surface area contributed by atoms with Crippen LogP contribution in [0.2, 0.25) is 0 Å². The van der Waals surface area contributed by atoms with Crippen molar-refractivity contribution < 1.29 is 27.6 Å². The Morgan fingerprint density at radius 1 is 1.41 bits per heavy atom. The van der Waals surface area contributed by atoms with Gasteiger partial charge in [0.05, 0.1) is 10.5 Å². The lowest BCUT2D eigenvalue weighted by atomic mass is 10.0. The third kappa shape index (κ3) is 4.42. The number of carbonyl (C=O) groups excluding carboxylic acids is 1. The Labute approximate surface area is 124 Å². The van der Waals surface area contributed by atoms with E-state index in [0.29, 0.717) is 25.2 Å². The van der Waals surface area contributed by atoms with E-state index in [2.05, 4.69) is 5.32 Å². The molecule has 0 fully saturated rings. The summed E-state index contributed by atoms with van der Waals surface area (Å²) in [5.41, 5.74) is -2.44. The average molecular weight is 320 g/mol. The van der Waals surface area contributed by atoms with Crippen LogP contribution in [0.25, 0.3) is 0 Å². The quantitative estimate of drug-likeness (QED) is 0.496. The smallest absolute Gasteiger partial charge is 0.385 e. The molecule has 1 aromatic rings. The van der Waals surface area contributed by atoms with E-state index in [1.165, 1.54) is 14.0 Å². The molecule has 0 unspecified atom stereocenters. The molecule has 1 rings (SSSR count).